The first-order valence-corrected chi connectivity index (χ1v) is 8.91. The van der Waals surface area contributed by atoms with E-state index in [4.69, 9.17) is 20.9 Å². The summed E-state index contributed by atoms with van der Waals surface area (Å²) in [6.07, 6.45) is 0.800. The zero-order chi connectivity index (χ0) is 18.6. The maximum Gasteiger partial charge on any atom is 0.340 e. The van der Waals surface area contributed by atoms with Gasteiger partial charge in [0.1, 0.15) is 0 Å². The molecule has 1 unspecified atom stereocenters. The maximum atomic E-state index is 12.3. The van der Waals surface area contributed by atoms with Crippen molar-refractivity contribution in [2.45, 2.75) is 18.9 Å². The summed E-state index contributed by atoms with van der Waals surface area (Å²) >= 11 is 5.87. The van der Waals surface area contributed by atoms with Crippen LogP contribution in [0.4, 0.5) is 6.01 Å². The molecule has 1 aromatic heterocycles. The van der Waals surface area contributed by atoms with Gasteiger partial charge in [0.2, 0.25) is 11.7 Å². The van der Waals surface area contributed by atoms with E-state index in [1.807, 2.05) is 18.2 Å². The van der Waals surface area contributed by atoms with Gasteiger partial charge in [0.05, 0.1) is 19.1 Å². The molecule has 0 radical (unpaired) electrons. The minimum absolute atomic E-state index is 0.0956. The highest BCUT2D eigenvalue weighted by molar-refractivity contribution is 6.30. The fraction of sp³-hybridized carbons (Fsp3) is 0.211. The molecule has 0 bridgehead atoms. The Balaban J connectivity index is 1.34. The standard InChI is InChI=1S/C19H17ClN4O3/c20-14-7-5-13(6-8-14)18-21-19(27-24-18)23-22-17(25)11-16-15-4-2-1-3-12(15)9-10-26-16/h1-8,16H,9-11H2,(H,22,25)(H,21,23,24). The fourth-order valence-corrected chi connectivity index (χ4v) is 3.10. The lowest BCUT2D eigenvalue weighted by atomic mass is 9.96. The lowest BCUT2D eigenvalue weighted by Gasteiger charge is -2.25. The van der Waals surface area contributed by atoms with Crippen molar-refractivity contribution in [2.24, 2.45) is 0 Å². The quantitative estimate of drug-likeness (QED) is 0.654. The van der Waals surface area contributed by atoms with E-state index < -0.39 is 0 Å². The summed E-state index contributed by atoms with van der Waals surface area (Å²) in [4.78, 5) is 16.4. The van der Waals surface area contributed by atoms with Crippen LogP contribution in [0.3, 0.4) is 0 Å². The van der Waals surface area contributed by atoms with Crippen LogP contribution < -0.4 is 10.9 Å². The second-order valence-electron chi connectivity index (χ2n) is 6.12. The van der Waals surface area contributed by atoms with Crippen molar-refractivity contribution in [3.63, 3.8) is 0 Å². The molecule has 1 aliphatic heterocycles. The summed E-state index contributed by atoms with van der Waals surface area (Å²) in [5.41, 5.74) is 8.24. The van der Waals surface area contributed by atoms with E-state index >= 15 is 0 Å². The molecule has 0 saturated carbocycles. The van der Waals surface area contributed by atoms with Crippen molar-refractivity contribution < 1.29 is 14.1 Å². The number of rotatable bonds is 5. The van der Waals surface area contributed by atoms with Gasteiger partial charge in [0.25, 0.3) is 0 Å². The molecule has 0 fully saturated rings. The number of aromatic nitrogens is 2. The van der Waals surface area contributed by atoms with Gasteiger partial charge in [-0.3, -0.25) is 10.2 Å². The van der Waals surface area contributed by atoms with Crippen molar-refractivity contribution in [1.82, 2.24) is 15.6 Å². The minimum Gasteiger partial charge on any atom is -0.373 e. The number of hydrogen-bond donors (Lipinski definition) is 2. The fourth-order valence-electron chi connectivity index (χ4n) is 2.98. The van der Waals surface area contributed by atoms with Crippen molar-refractivity contribution in [1.29, 1.82) is 0 Å². The van der Waals surface area contributed by atoms with Crippen LogP contribution in [0.1, 0.15) is 23.7 Å². The van der Waals surface area contributed by atoms with E-state index in [1.165, 1.54) is 5.56 Å². The number of carbonyl (C=O) groups is 1. The molecule has 4 rings (SSSR count). The predicted molar refractivity (Wildman–Crippen MR) is 100.0 cm³/mol. The number of anilines is 1. The van der Waals surface area contributed by atoms with Crippen molar-refractivity contribution in [3.8, 4) is 11.4 Å². The van der Waals surface area contributed by atoms with Crippen LogP contribution in [-0.4, -0.2) is 22.7 Å². The van der Waals surface area contributed by atoms with Crippen LogP contribution in [0.5, 0.6) is 0 Å². The maximum absolute atomic E-state index is 12.3. The molecule has 1 aliphatic rings. The number of fused-ring (bicyclic) bond motifs is 1. The van der Waals surface area contributed by atoms with E-state index in [9.17, 15) is 4.79 Å². The molecule has 2 aromatic carbocycles. The Morgan fingerprint density at radius 2 is 2.00 bits per heavy atom. The average Bonchev–Trinajstić information content (AvgIpc) is 3.16. The number of benzene rings is 2. The number of amides is 1. The van der Waals surface area contributed by atoms with E-state index in [-0.39, 0.29) is 24.4 Å². The van der Waals surface area contributed by atoms with Gasteiger partial charge in [-0.05, 0) is 41.8 Å². The smallest absolute Gasteiger partial charge is 0.340 e. The molecule has 1 amide bonds. The largest absolute Gasteiger partial charge is 0.373 e. The highest BCUT2D eigenvalue weighted by atomic mass is 35.5. The van der Waals surface area contributed by atoms with Crippen LogP contribution in [0.25, 0.3) is 11.4 Å². The lowest BCUT2D eigenvalue weighted by molar-refractivity contribution is -0.124. The van der Waals surface area contributed by atoms with Crippen LogP contribution in [-0.2, 0) is 16.0 Å². The minimum atomic E-state index is -0.260. The molecule has 3 aromatic rings. The Labute approximate surface area is 160 Å². The third kappa shape index (κ3) is 4.10. The monoisotopic (exact) mass is 384 g/mol. The molecule has 8 heteroatoms. The average molecular weight is 385 g/mol. The molecule has 1 atom stereocenters. The van der Waals surface area contributed by atoms with Crippen molar-refractivity contribution >= 4 is 23.5 Å². The number of halogens is 1. The van der Waals surface area contributed by atoms with Crippen molar-refractivity contribution in [3.05, 3.63) is 64.7 Å². The number of ether oxygens (including phenoxy) is 1. The first-order chi connectivity index (χ1) is 13.2. The molecule has 2 N–H and O–H groups in total. The number of hydrazine groups is 1. The zero-order valence-electron chi connectivity index (χ0n) is 14.3. The summed E-state index contributed by atoms with van der Waals surface area (Å²) in [6.45, 7) is 0.608. The van der Waals surface area contributed by atoms with Gasteiger partial charge in [-0.15, -0.1) is 0 Å². The van der Waals surface area contributed by atoms with E-state index in [1.54, 1.807) is 24.3 Å². The number of nitrogens with one attached hydrogen (secondary N) is 2. The van der Waals surface area contributed by atoms with Crippen LogP contribution >= 0.6 is 11.6 Å². The molecule has 2 heterocycles. The highest BCUT2D eigenvalue weighted by Gasteiger charge is 2.23. The van der Waals surface area contributed by atoms with Gasteiger partial charge in [-0.1, -0.05) is 41.0 Å². The topological polar surface area (TPSA) is 89.3 Å². The third-order valence-electron chi connectivity index (χ3n) is 4.30. The molecule has 27 heavy (non-hydrogen) atoms. The Hall–Kier alpha value is -2.90. The third-order valence-corrected chi connectivity index (χ3v) is 4.55. The van der Waals surface area contributed by atoms with Crippen LogP contribution in [0.2, 0.25) is 5.02 Å². The number of hydrogen-bond acceptors (Lipinski definition) is 6. The first-order valence-electron chi connectivity index (χ1n) is 8.53. The van der Waals surface area contributed by atoms with Gasteiger partial charge in [0.15, 0.2) is 0 Å². The van der Waals surface area contributed by atoms with Gasteiger partial charge in [-0.25, -0.2) is 5.43 Å². The lowest BCUT2D eigenvalue weighted by Crippen LogP contribution is -2.32. The van der Waals surface area contributed by atoms with Gasteiger partial charge < -0.3 is 9.26 Å². The summed E-state index contributed by atoms with van der Waals surface area (Å²) in [6, 6.07) is 15.2. The van der Waals surface area contributed by atoms with Crippen LogP contribution in [0, 0.1) is 0 Å². The SMILES string of the molecule is O=C(CC1OCCc2ccccc21)NNc1nc(-c2ccc(Cl)cc2)no1. The summed E-state index contributed by atoms with van der Waals surface area (Å²) < 4.78 is 10.8. The Bertz CT molecular complexity index is 942. The Morgan fingerprint density at radius 3 is 2.85 bits per heavy atom. The molecular formula is C19H17ClN4O3. The summed E-state index contributed by atoms with van der Waals surface area (Å²) in [5, 5.41) is 4.50. The molecule has 0 spiro atoms. The highest BCUT2D eigenvalue weighted by Crippen LogP contribution is 2.29. The van der Waals surface area contributed by atoms with Crippen LogP contribution in [0.15, 0.2) is 53.1 Å². The number of nitrogens with zero attached hydrogens (tertiary/aromatic N) is 2. The second-order valence-corrected chi connectivity index (χ2v) is 6.55. The molecule has 0 saturated heterocycles. The molecular weight excluding hydrogens is 368 g/mol. The van der Waals surface area contributed by atoms with E-state index in [0.29, 0.717) is 17.5 Å². The van der Waals surface area contributed by atoms with E-state index in [2.05, 4.69) is 27.1 Å². The molecule has 138 valence electrons. The zero-order valence-corrected chi connectivity index (χ0v) is 15.1. The second kappa shape index (κ2) is 7.77. The van der Waals surface area contributed by atoms with Gasteiger partial charge in [0, 0.05) is 10.6 Å². The van der Waals surface area contributed by atoms with Gasteiger partial charge >= 0.3 is 6.01 Å². The van der Waals surface area contributed by atoms with Crippen molar-refractivity contribution in [2.75, 3.05) is 12.0 Å². The summed E-state index contributed by atoms with van der Waals surface area (Å²) in [7, 11) is 0. The summed E-state index contributed by atoms with van der Waals surface area (Å²) in [5.74, 6) is 0.163. The Kier molecular flexibility index (Phi) is 5.04. The van der Waals surface area contributed by atoms with Gasteiger partial charge in [-0.2, -0.15) is 4.98 Å². The normalized spacial score (nSPS) is 15.8. The first kappa shape index (κ1) is 17.5. The Morgan fingerprint density at radius 1 is 1.19 bits per heavy atom. The molecule has 0 aliphatic carbocycles. The molecule has 7 nitrogen and oxygen atoms in total. The predicted octanol–water partition coefficient (Wildman–Crippen LogP) is 3.54. The van der Waals surface area contributed by atoms with E-state index in [0.717, 1.165) is 17.5 Å². The number of carbonyl (C=O) groups excluding carboxylic acids is 1.